The van der Waals surface area contributed by atoms with Crippen LogP contribution in [0.15, 0.2) is 160 Å². The molecule has 0 saturated heterocycles. The Labute approximate surface area is 265 Å². The summed E-state index contributed by atoms with van der Waals surface area (Å²) in [6.45, 7) is 0. The van der Waals surface area contributed by atoms with Crippen molar-refractivity contribution in [2.75, 3.05) is 0 Å². The van der Waals surface area contributed by atoms with Gasteiger partial charge in [0.1, 0.15) is 22.3 Å². The van der Waals surface area contributed by atoms with E-state index in [0.717, 1.165) is 88.4 Å². The van der Waals surface area contributed by atoms with Crippen LogP contribution in [0.4, 0.5) is 0 Å². The van der Waals surface area contributed by atoms with Crippen molar-refractivity contribution in [1.82, 2.24) is 0 Å². The molecule has 9 aromatic rings. The first-order valence-corrected chi connectivity index (χ1v) is 15.3. The van der Waals surface area contributed by atoms with Crippen molar-refractivity contribution in [3.8, 4) is 50.6 Å². The molecule has 0 aliphatic carbocycles. The lowest BCUT2D eigenvalue weighted by molar-refractivity contribution is 0.668. The molecule has 0 N–H and O–H groups in total. The molecule has 0 saturated carbocycles. The topological polar surface area (TPSA) is 50.1 Å². The fraction of sp³-hybridized carbons (Fsp3) is 0. The first kappa shape index (κ1) is 26.1. The molecule has 3 heteroatoms. The van der Waals surface area contributed by atoms with Gasteiger partial charge in [-0.2, -0.15) is 5.26 Å². The maximum atomic E-state index is 10.2. The van der Waals surface area contributed by atoms with Gasteiger partial charge in [-0.05, 0) is 99.6 Å². The minimum absolute atomic E-state index is 0.647. The quantitative estimate of drug-likeness (QED) is 0.206. The summed E-state index contributed by atoms with van der Waals surface area (Å²) in [7, 11) is 0. The fourth-order valence-electron chi connectivity index (χ4n) is 6.73. The van der Waals surface area contributed by atoms with Gasteiger partial charge >= 0.3 is 0 Å². The highest BCUT2D eigenvalue weighted by Crippen LogP contribution is 2.41. The van der Waals surface area contributed by atoms with Crippen molar-refractivity contribution >= 4 is 43.9 Å². The minimum atomic E-state index is 0.647. The normalized spacial score (nSPS) is 11.5. The summed E-state index contributed by atoms with van der Waals surface area (Å²) in [6, 6.07) is 54.5. The van der Waals surface area contributed by atoms with Crippen LogP contribution in [0, 0.1) is 11.3 Å². The number of furan rings is 2. The molecule has 0 fully saturated rings. The molecule has 46 heavy (non-hydrogen) atoms. The van der Waals surface area contributed by atoms with E-state index in [2.05, 4.69) is 91.0 Å². The van der Waals surface area contributed by atoms with Crippen LogP contribution >= 0.6 is 0 Å². The van der Waals surface area contributed by atoms with Crippen LogP contribution in [-0.2, 0) is 0 Å². The molecular weight excluding hydrogens is 562 g/mol. The minimum Gasteiger partial charge on any atom is -0.456 e. The highest BCUT2D eigenvalue weighted by molar-refractivity contribution is 6.08. The van der Waals surface area contributed by atoms with Gasteiger partial charge in [-0.15, -0.1) is 0 Å². The molecule has 2 aromatic heterocycles. The van der Waals surface area contributed by atoms with Crippen LogP contribution in [0.3, 0.4) is 0 Å². The van der Waals surface area contributed by atoms with Crippen molar-refractivity contribution in [1.29, 1.82) is 5.26 Å². The van der Waals surface area contributed by atoms with E-state index in [4.69, 9.17) is 8.83 Å². The summed E-state index contributed by atoms with van der Waals surface area (Å²) in [5.41, 5.74) is 12.5. The fourth-order valence-corrected chi connectivity index (χ4v) is 6.73. The monoisotopic (exact) mass is 587 g/mol. The zero-order valence-corrected chi connectivity index (χ0v) is 24.7. The van der Waals surface area contributed by atoms with E-state index in [0.29, 0.717) is 5.56 Å². The largest absolute Gasteiger partial charge is 0.456 e. The molecule has 3 nitrogen and oxygen atoms in total. The van der Waals surface area contributed by atoms with Gasteiger partial charge in [0.25, 0.3) is 0 Å². The first-order chi connectivity index (χ1) is 22.7. The van der Waals surface area contributed by atoms with E-state index in [1.54, 1.807) is 0 Å². The number of fused-ring (bicyclic) bond motifs is 6. The van der Waals surface area contributed by atoms with Gasteiger partial charge in [0.15, 0.2) is 0 Å². The third kappa shape index (κ3) is 4.20. The van der Waals surface area contributed by atoms with Crippen LogP contribution in [0.1, 0.15) is 5.56 Å². The molecule has 9 rings (SSSR count). The predicted molar refractivity (Wildman–Crippen MR) is 187 cm³/mol. The lowest BCUT2D eigenvalue weighted by Gasteiger charge is -2.16. The maximum absolute atomic E-state index is 10.2. The predicted octanol–water partition coefficient (Wildman–Crippen LogP) is 12.0. The highest BCUT2D eigenvalue weighted by atomic mass is 16.3. The Morgan fingerprint density at radius 2 is 0.891 bits per heavy atom. The van der Waals surface area contributed by atoms with E-state index in [1.165, 1.54) is 0 Å². The molecule has 0 radical (unpaired) electrons. The molecule has 0 spiro atoms. The summed E-state index contributed by atoms with van der Waals surface area (Å²) < 4.78 is 12.3. The number of para-hydroxylation sites is 2. The van der Waals surface area contributed by atoms with Gasteiger partial charge in [0.2, 0.25) is 0 Å². The number of hydrogen-bond acceptors (Lipinski definition) is 3. The van der Waals surface area contributed by atoms with Crippen molar-refractivity contribution in [3.63, 3.8) is 0 Å². The molecule has 0 bridgehead atoms. The van der Waals surface area contributed by atoms with Gasteiger partial charge < -0.3 is 8.83 Å². The number of hydrogen-bond donors (Lipinski definition) is 0. The molecule has 0 aliphatic rings. The Morgan fingerprint density at radius 1 is 0.370 bits per heavy atom. The van der Waals surface area contributed by atoms with E-state index >= 15 is 0 Å². The van der Waals surface area contributed by atoms with E-state index < -0.39 is 0 Å². The van der Waals surface area contributed by atoms with Gasteiger partial charge in [-0.1, -0.05) is 91.0 Å². The summed E-state index contributed by atoms with van der Waals surface area (Å²) in [5, 5.41) is 14.6. The smallest absolute Gasteiger partial charge is 0.135 e. The van der Waals surface area contributed by atoms with E-state index in [1.807, 2.05) is 66.7 Å². The van der Waals surface area contributed by atoms with E-state index in [-0.39, 0.29) is 0 Å². The van der Waals surface area contributed by atoms with Crippen LogP contribution in [0.2, 0.25) is 0 Å². The lowest BCUT2D eigenvalue weighted by Crippen LogP contribution is -1.92. The number of rotatable bonds is 4. The Balaban J connectivity index is 1.31. The molecule has 7 aromatic carbocycles. The third-order valence-corrected chi connectivity index (χ3v) is 8.91. The Bertz CT molecular complexity index is 2520. The molecule has 214 valence electrons. The average Bonchev–Trinajstić information content (AvgIpc) is 3.69. The molecule has 0 unspecified atom stereocenters. The van der Waals surface area contributed by atoms with Crippen LogP contribution < -0.4 is 0 Å². The van der Waals surface area contributed by atoms with Crippen molar-refractivity contribution in [3.05, 3.63) is 157 Å². The second-order valence-electron chi connectivity index (χ2n) is 11.6. The van der Waals surface area contributed by atoms with Crippen LogP contribution in [0.25, 0.3) is 88.4 Å². The number of benzene rings is 7. The highest BCUT2D eigenvalue weighted by Gasteiger charge is 2.17. The number of nitriles is 1. The summed E-state index contributed by atoms with van der Waals surface area (Å²) >= 11 is 0. The third-order valence-electron chi connectivity index (χ3n) is 8.91. The second-order valence-corrected chi connectivity index (χ2v) is 11.6. The van der Waals surface area contributed by atoms with Crippen molar-refractivity contribution < 1.29 is 8.83 Å². The Morgan fingerprint density at radius 3 is 1.48 bits per heavy atom. The zero-order valence-electron chi connectivity index (χ0n) is 24.7. The van der Waals surface area contributed by atoms with Gasteiger partial charge in [0.05, 0.1) is 11.6 Å². The zero-order chi connectivity index (χ0) is 30.6. The van der Waals surface area contributed by atoms with E-state index in [9.17, 15) is 5.26 Å². The number of nitrogens with zero attached hydrogens (tertiary/aromatic N) is 1. The maximum Gasteiger partial charge on any atom is 0.135 e. The standard InChI is InChI=1S/C43H25NO2/c44-26-30-11-8-14-34(43(30)27-9-2-1-3-10-27)33-22-31(28-17-19-41-37(24-28)35-12-4-6-15-39(35)45-41)21-32(23-33)29-18-20-42-38(25-29)36-13-5-7-16-40(36)46-42/h1-25H. The Hall–Kier alpha value is -6.37. The van der Waals surface area contributed by atoms with Crippen LogP contribution in [0.5, 0.6) is 0 Å². The molecule has 2 heterocycles. The summed E-state index contributed by atoms with van der Waals surface area (Å²) in [4.78, 5) is 0. The van der Waals surface area contributed by atoms with Crippen molar-refractivity contribution in [2.45, 2.75) is 0 Å². The van der Waals surface area contributed by atoms with Gasteiger partial charge in [-0.25, -0.2) is 0 Å². The molecule has 0 amide bonds. The second kappa shape index (κ2) is 10.4. The van der Waals surface area contributed by atoms with Gasteiger partial charge in [-0.3, -0.25) is 0 Å². The molecular formula is C43H25NO2. The molecule has 0 atom stereocenters. The lowest BCUT2D eigenvalue weighted by atomic mass is 9.87. The Kier molecular flexibility index (Phi) is 5.88. The SMILES string of the molecule is N#Cc1cccc(-c2cc(-c3ccc4oc5ccccc5c4c3)cc(-c3ccc4oc5ccccc5c4c3)c2)c1-c1ccccc1. The summed E-state index contributed by atoms with van der Waals surface area (Å²) in [6.07, 6.45) is 0. The van der Waals surface area contributed by atoms with Crippen molar-refractivity contribution in [2.24, 2.45) is 0 Å². The average molecular weight is 588 g/mol. The van der Waals surface area contributed by atoms with Crippen LogP contribution in [-0.4, -0.2) is 0 Å². The first-order valence-electron chi connectivity index (χ1n) is 15.3. The summed E-state index contributed by atoms with van der Waals surface area (Å²) in [5.74, 6) is 0. The van der Waals surface area contributed by atoms with Gasteiger partial charge in [0, 0.05) is 27.1 Å². The molecule has 0 aliphatic heterocycles.